The molecule has 0 saturated carbocycles. The van der Waals surface area contributed by atoms with Crippen molar-refractivity contribution in [1.29, 1.82) is 0 Å². The monoisotopic (exact) mass is 265 g/mol. The molecule has 0 aliphatic rings. The van der Waals surface area contributed by atoms with Crippen LogP contribution in [-0.4, -0.2) is 23.2 Å². The second-order valence-electron chi connectivity index (χ2n) is 3.74. The van der Waals surface area contributed by atoms with Crippen molar-refractivity contribution < 1.29 is 14.5 Å². The molecule has 1 rings (SSSR count). The molecule has 19 heavy (non-hydrogen) atoms. The smallest absolute Gasteiger partial charge is 0.354 e. The average Bonchev–Trinajstić information content (AvgIpc) is 2.37. The summed E-state index contributed by atoms with van der Waals surface area (Å²) in [6.45, 7) is 5.07. The second-order valence-corrected chi connectivity index (χ2v) is 3.74. The molecule has 1 N–H and O–H groups in total. The van der Waals surface area contributed by atoms with Crippen LogP contribution in [0.25, 0.3) is 0 Å². The van der Waals surface area contributed by atoms with E-state index in [0.717, 1.165) is 0 Å². The molecule has 0 unspecified atom stereocenters. The molecule has 7 nitrogen and oxygen atoms in total. The number of hydrogen-bond acceptors (Lipinski definition) is 6. The molecule has 7 heteroatoms. The SMILES string of the molecule is CCOC(=O)/C(C)=N\Nc1cccc([N+](=O)[O-])c1C. The molecule has 0 aliphatic heterocycles. The maximum atomic E-state index is 11.3. The molecule has 0 bridgehead atoms. The summed E-state index contributed by atoms with van der Waals surface area (Å²) in [5.41, 5.74) is 3.69. The number of hydrogen-bond donors (Lipinski definition) is 1. The van der Waals surface area contributed by atoms with Gasteiger partial charge in [-0.1, -0.05) is 6.07 Å². The van der Waals surface area contributed by atoms with Gasteiger partial charge < -0.3 is 4.74 Å². The van der Waals surface area contributed by atoms with Gasteiger partial charge in [-0.25, -0.2) is 4.79 Å². The van der Waals surface area contributed by atoms with Gasteiger partial charge in [-0.3, -0.25) is 15.5 Å². The molecule has 0 amide bonds. The van der Waals surface area contributed by atoms with Crippen LogP contribution in [0.1, 0.15) is 19.4 Å². The average molecular weight is 265 g/mol. The minimum atomic E-state index is -0.530. The molecular formula is C12H15N3O4. The molecule has 0 aromatic heterocycles. The van der Waals surface area contributed by atoms with E-state index >= 15 is 0 Å². The lowest BCUT2D eigenvalue weighted by Crippen LogP contribution is -2.15. The highest BCUT2D eigenvalue weighted by Crippen LogP contribution is 2.24. The minimum absolute atomic E-state index is 0.00557. The topological polar surface area (TPSA) is 93.8 Å². The van der Waals surface area contributed by atoms with Gasteiger partial charge in [0, 0.05) is 6.07 Å². The Hall–Kier alpha value is -2.44. The Morgan fingerprint density at radius 1 is 1.53 bits per heavy atom. The quantitative estimate of drug-likeness (QED) is 0.381. The summed E-state index contributed by atoms with van der Waals surface area (Å²) < 4.78 is 4.77. The largest absolute Gasteiger partial charge is 0.461 e. The van der Waals surface area contributed by atoms with Gasteiger partial charge in [0.15, 0.2) is 0 Å². The second kappa shape index (κ2) is 6.48. The van der Waals surface area contributed by atoms with E-state index in [1.54, 1.807) is 26.0 Å². The molecular weight excluding hydrogens is 250 g/mol. The van der Waals surface area contributed by atoms with Crippen LogP contribution >= 0.6 is 0 Å². The third-order valence-corrected chi connectivity index (χ3v) is 2.42. The first-order valence-electron chi connectivity index (χ1n) is 5.68. The van der Waals surface area contributed by atoms with Crippen LogP contribution in [0.3, 0.4) is 0 Å². The normalized spacial score (nSPS) is 11.0. The summed E-state index contributed by atoms with van der Waals surface area (Å²) in [5.74, 6) is -0.530. The number of benzene rings is 1. The van der Waals surface area contributed by atoms with Crippen LogP contribution in [0.2, 0.25) is 0 Å². The van der Waals surface area contributed by atoms with Crippen LogP contribution in [0.4, 0.5) is 11.4 Å². The number of rotatable bonds is 5. The Kier molecular flexibility index (Phi) is 4.99. The number of anilines is 1. The molecule has 0 heterocycles. The summed E-state index contributed by atoms with van der Waals surface area (Å²) in [4.78, 5) is 21.6. The number of nitro groups is 1. The summed E-state index contributed by atoms with van der Waals surface area (Å²) >= 11 is 0. The molecule has 1 aromatic rings. The van der Waals surface area contributed by atoms with Crippen molar-refractivity contribution >= 4 is 23.1 Å². The number of esters is 1. The van der Waals surface area contributed by atoms with Gasteiger partial charge in [0.05, 0.1) is 22.8 Å². The van der Waals surface area contributed by atoms with E-state index in [0.29, 0.717) is 11.3 Å². The van der Waals surface area contributed by atoms with Gasteiger partial charge in [0.1, 0.15) is 5.71 Å². The van der Waals surface area contributed by atoms with Crippen molar-refractivity contribution in [2.75, 3.05) is 12.0 Å². The van der Waals surface area contributed by atoms with Crippen molar-refractivity contribution in [1.82, 2.24) is 0 Å². The molecule has 0 fully saturated rings. The third kappa shape index (κ3) is 3.77. The number of hydrazone groups is 1. The van der Waals surface area contributed by atoms with E-state index in [4.69, 9.17) is 4.74 Å². The fourth-order valence-corrected chi connectivity index (χ4v) is 1.37. The first-order chi connectivity index (χ1) is 8.97. The van der Waals surface area contributed by atoms with Gasteiger partial charge in [0.25, 0.3) is 5.69 Å². The zero-order chi connectivity index (χ0) is 14.4. The van der Waals surface area contributed by atoms with Crippen molar-refractivity contribution in [2.45, 2.75) is 20.8 Å². The van der Waals surface area contributed by atoms with Gasteiger partial charge in [-0.15, -0.1) is 0 Å². The minimum Gasteiger partial charge on any atom is -0.461 e. The summed E-state index contributed by atoms with van der Waals surface area (Å²) in [5, 5.41) is 14.6. The Labute approximate surface area is 110 Å². The molecule has 102 valence electrons. The van der Waals surface area contributed by atoms with Gasteiger partial charge in [-0.2, -0.15) is 5.10 Å². The molecule has 0 aliphatic carbocycles. The van der Waals surface area contributed by atoms with E-state index in [-0.39, 0.29) is 18.0 Å². The van der Waals surface area contributed by atoms with E-state index < -0.39 is 10.9 Å². The van der Waals surface area contributed by atoms with Crippen LogP contribution in [0, 0.1) is 17.0 Å². The van der Waals surface area contributed by atoms with E-state index in [2.05, 4.69) is 10.5 Å². The number of nitrogens with zero attached hydrogens (tertiary/aromatic N) is 2. The Morgan fingerprint density at radius 3 is 2.79 bits per heavy atom. The Bertz CT molecular complexity index is 526. The zero-order valence-corrected chi connectivity index (χ0v) is 11.0. The molecule has 0 saturated heterocycles. The van der Waals surface area contributed by atoms with E-state index in [9.17, 15) is 14.9 Å². The predicted molar refractivity (Wildman–Crippen MR) is 71.2 cm³/mol. The lowest BCUT2D eigenvalue weighted by atomic mass is 10.1. The Balaban J connectivity index is 2.89. The third-order valence-electron chi connectivity index (χ3n) is 2.42. The van der Waals surface area contributed by atoms with Crippen LogP contribution in [0.5, 0.6) is 0 Å². The Morgan fingerprint density at radius 2 is 2.21 bits per heavy atom. The fraction of sp³-hybridized carbons (Fsp3) is 0.333. The van der Waals surface area contributed by atoms with Crippen LogP contribution in [0.15, 0.2) is 23.3 Å². The highest BCUT2D eigenvalue weighted by atomic mass is 16.6. The number of nitrogens with one attached hydrogen (secondary N) is 1. The summed E-state index contributed by atoms with van der Waals surface area (Å²) in [6.07, 6.45) is 0. The van der Waals surface area contributed by atoms with Gasteiger partial charge >= 0.3 is 5.97 Å². The van der Waals surface area contributed by atoms with E-state index in [1.807, 2.05) is 0 Å². The first kappa shape index (κ1) is 14.6. The van der Waals surface area contributed by atoms with E-state index in [1.165, 1.54) is 13.0 Å². The fourth-order valence-electron chi connectivity index (χ4n) is 1.37. The lowest BCUT2D eigenvalue weighted by Gasteiger charge is -2.06. The predicted octanol–water partition coefficient (Wildman–Crippen LogP) is 2.25. The van der Waals surface area contributed by atoms with Gasteiger partial charge in [-0.05, 0) is 26.8 Å². The molecule has 0 atom stereocenters. The maximum Gasteiger partial charge on any atom is 0.354 e. The van der Waals surface area contributed by atoms with Crippen molar-refractivity contribution in [2.24, 2.45) is 5.10 Å². The van der Waals surface area contributed by atoms with Crippen molar-refractivity contribution in [3.63, 3.8) is 0 Å². The number of carbonyl (C=O) groups excluding carboxylic acids is 1. The number of ether oxygens (including phenoxy) is 1. The van der Waals surface area contributed by atoms with Crippen LogP contribution in [-0.2, 0) is 9.53 Å². The zero-order valence-electron chi connectivity index (χ0n) is 11.0. The number of nitro benzene ring substituents is 1. The van der Waals surface area contributed by atoms with Gasteiger partial charge in [0.2, 0.25) is 0 Å². The van der Waals surface area contributed by atoms with Crippen molar-refractivity contribution in [3.8, 4) is 0 Å². The summed E-state index contributed by atoms with van der Waals surface area (Å²) in [6, 6.07) is 4.59. The standard InChI is InChI=1S/C12H15N3O4/c1-4-19-12(16)9(3)13-14-10-6-5-7-11(8(10)2)15(17)18/h5-7,14H,4H2,1-3H3/b13-9-. The maximum absolute atomic E-state index is 11.3. The van der Waals surface area contributed by atoms with Crippen LogP contribution < -0.4 is 5.43 Å². The highest BCUT2D eigenvalue weighted by molar-refractivity contribution is 6.35. The summed E-state index contributed by atoms with van der Waals surface area (Å²) in [7, 11) is 0. The molecule has 0 spiro atoms. The first-order valence-corrected chi connectivity index (χ1v) is 5.68. The highest BCUT2D eigenvalue weighted by Gasteiger charge is 2.13. The molecule has 1 aromatic carbocycles. The molecule has 0 radical (unpaired) electrons. The lowest BCUT2D eigenvalue weighted by molar-refractivity contribution is -0.385. The van der Waals surface area contributed by atoms with Crippen molar-refractivity contribution in [3.05, 3.63) is 33.9 Å². The number of carbonyl (C=O) groups is 1.